The van der Waals surface area contributed by atoms with Gasteiger partial charge in [-0.1, -0.05) is 75.7 Å². The minimum atomic E-state index is 0.00463. The molecule has 0 rings (SSSR count). The number of amides is 1. The lowest BCUT2D eigenvalue weighted by Crippen LogP contribution is -2.15. The van der Waals surface area contributed by atoms with Crippen molar-refractivity contribution in [3.63, 3.8) is 0 Å². The Labute approximate surface area is 144 Å². The summed E-state index contributed by atoms with van der Waals surface area (Å²) in [5, 5.41) is 2.39. The largest absolute Gasteiger partial charge is 0.379 e. The Bertz CT molecular complexity index is 119. The van der Waals surface area contributed by atoms with E-state index in [1.165, 1.54) is 13.3 Å². The van der Waals surface area contributed by atoms with Crippen molar-refractivity contribution in [1.82, 2.24) is 5.32 Å². The summed E-state index contributed by atoms with van der Waals surface area (Å²) in [5.74, 6) is 0.00463. The maximum Gasteiger partial charge on any atom is 0.216 e. The van der Waals surface area contributed by atoms with Gasteiger partial charge in [-0.2, -0.15) is 0 Å². The maximum absolute atomic E-state index is 9.70. The molecule has 0 fully saturated rings. The molecule has 1 N–H and O–H groups in total. The van der Waals surface area contributed by atoms with Crippen molar-refractivity contribution >= 4 is 5.91 Å². The average molecular weight is 326 g/mol. The second-order valence-electron chi connectivity index (χ2n) is 3.83. The van der Waals surface area contributed by atoms with Gasteiger partial charge in [-0.25, -0.2) is 0 Å². The lowest BCUT2D eigenvalue weighted by molar-refractivity contribution is -0.118. The molecule has 3 nitrogen and oxygen atoms in total. The van der Waals surface area contributed by atoms with Crippen LogP contribution >= 0.6 is 0 Å². The van der Waals surface area contributed by atoms with E-state index >= 15 is 0 Å². The van der Waals surface area contributed by atoms with Gasteiger partial charge in [-0.3, -0.25) is 4.79 Å². The summed E-state index contributed by atoms with van der Waals surface area (Å²) in [6.45, 7) is 27.8. The molecule has 22 heavy (non-hydrogen) atoms. The van der Waals surface area contributed by atoms with Gasteiger partial charge in [0.25, 0.3) is 0 Å². The smallest absolute Gasteiger partial charge is 0.216 e. The number of carbonyl (C=O) groups excluding carboxylic acids is 1. The molecular formula is C19H51NO2. The lowest BCUT2D eigenvalue weighted by Gasteiger charge is -2.14. The molecule has 0 heterocycles. The van der Waals surface area contributed by atoms with Gasteiger partial charge in [-0.15, -0.1) is 0 Å². The highest BCUT2D eigenvalue weighted by Crippen LogP contribution is 2.02. The van der Waals surface area contributed by atoms with Crippen LogP contribution in [0, 0.1) is 0 Å². The van der Waals surface area contributed by atoms with Crippen LogP contribution in [0.3, 0.4) is 0 Å². The Morgan fingerprint density at radius 1 is 0.864 bits per heavy atom. The van der Waals surface area contributed by atoms with Crippen molar-refractivity contribution in [3.8, 4) is 0 Å². The minimum absolute atomic E-state index is 0.00463. The first-order chi connectivity index (χ1) is 10.2. The van der Waals surface area contributed by atoms with E-state index in [1.54, 1.807) is 14.2 Å². The van der Waals surface area contributed by atoms with E-state index < -0.39 is 0 Å². The molecule has 0 aliphatic rings. The molecule has 0 aromatic heterocycles. The van der Waals surface area contributed by atoms with E-state index in [0.717, 1.165) is 0 Å². The molecule has 0 unspecified atom stereocenters. The van der Waals surface area contributed by atoms with Crippen LogP contribution in [0.5, 0.6) is 0 Å². The zero-order valence-electron chi connectivity index (χ0n) is 19.0. The highest BCUT2D eigenvalue weighted by molar-refractivity contribution is 5.72. The molecule has 0 saturated carbocycles. The summed E-state index contributed by atoms with van der Waals surface area (Å²) >= 11 is 0. The van der Waals surface area contributed by atoms with Gasteiger partial charge >= 0.3 is 0 Å². The maximum atomic E-state index is 9.70. The Hall–Kier alpha value is -0.570. The van der Waals surface area contributed by atoms with Crippen LogP contribution in [0.1, 0.15) is 103 Å². The Morgan fingerprint density at radius 3 is 0.955 bits per heavy atom. The van der Waals surface area contributed by atoms with Crippen LogP contribution in [0.15, 0.2) is 0 Å². The molecule has 1 amide bonds. The first-order valence-corrected chi connectivity index (χ1v) is 8.98. The minimum Gasteiger partial charge on any atom is -0.379 e. The van der Waals surface area contributed by atoms with Gasteiger partial charge in [0.2, 0.25) is 5.91 Å². The Balaban J connectivity index is -0.0000000256. The molecule has 0 aromatic carbocycles. The lowest BCUT2D eigenvalue weighted by atomic mass is 10.2. The fourth-order valence-corrected chi connectivity index (χ4v) is 0. The summed E-state index contributed by atoms with van der Waals surface area (Å²) in [4.78, 5) is 9.70. The molecule has 0 atom stereocenters. The van der Waals surface area contributed by atoms with Crippen molar-refractivity contribution in [2.45, 2.75) is 109 Å². The van der Waals surface area contributed by atoms with E-state index in [4.69, 9.17) is 4.74 Å². The third-order valence-electron chi connectivity index (χ3n) is 0.964. The number of carbonyl (C=O) groups is 1. The molecule has 0 saturated heterocycles. The number of rotatable bonds is 0. The van der Waals surface area contributed by atoms with Gasteiger partial charge in [-0.05, 0) is 20.8 Å². The van der Waals surface area contributed by atoms with Crippen molar-refractivity contribution in [2.75, 3.05) is 14.2 Å². The SMILES string of the molecule is CC.CC.CC.CC.CCC.CNC(C)=O.COC(C)(C)C. The molecular weight excluding hydrogens is 274 g/mol. The first kappa shape index (κ1) is 43.0. The van der Waals surface area contributed by atoms with E-state index in [0.29, 0.717) is 0 Å². The van der Waals surface area contributed by atoms with Crippen LogP contribution in [0.4, 0.5) is 0 Å². The standard InChI is InChI=1S/C5H12O.C3H7NO.C3H8.4C2H6/c1-5(2,3)6-4;1-3(5)4-2;1-3-2;4*1-2/h1-4H3;1-2H3,(H,4,5);3H2,1-2H3;4*1-2H3. The van der Waals surface area contributed by atoms with Crippen LogP contribution < -0.4 is 5.32 Å². The molecule has 0 spiro atoms. The predicted molar refractivity (Wildman–Crippen MR) is 108 cm³/mol. The topological polar surface area (TPSA) is 38.3 Å². The summed E-state index contributed by atoms with van der Waals surface area (Å²) < 4.78 is 4.94. The molecule has 0 aromatic rings. The zero-order valence-corrected chi connectivity index (χ0v) is 19.0. The fraction of sp³-hybridized carbons (Fsp3) is 0.947. The van der Waals surface area contributed by atoms with Gasteiger partial charge in [0, 0.05) is 21.1 Å². The number of methoxy groups -OCH3 is 1. The highest BCUT2D eigenvalue weighted by Gasteiger charge is 2.03. The zero-order chi connectivity index (χ0) is 20.2. The van der Waals surface area contributed by atoms with Gasteiger partial charge < -0.3 is 10.1 Å². The van der Waals surface area contributed by atoms with Crippen LogP contribution in [-0.2, 0) is 9.53 Å². The Kier molecular flexibility index (Phi) is 115. The number of hydrogen-bond donors (Lipinski definition) is 1. The summed E-state index contributed by atoms with van der Waals surface area (Å²) in [5.41, 5.74) is 0.0417. The highest BCUT2D eigenvalue weighted by atomic mass is 16.5. The van der Waals surface area contributed by atoms with Crippen molar-refractivity contribution in [3.05, 3.63) is 0 Å². The average Bonchev–Trinajstić information content (AvgIpc) is 2.55. The van der Waals surface area contributed by atoms with Crippen molar-refractivity contribution in [2.24, 2.45) is 0 Å². The summed E-state index contributed by atoms with van der Waals surface area (Å²) in [7, 11) is 3.31. The molecule has 3 heteroatoms. The number of hydrogen-bond acceptors (Lipinski definition) is 2. The van der Waals surface area contributed by atoms with E-state index in [1.807, 2.05) is 76.2 Å². The second-order valence-corrected chi connectivity index (χ2v) is 3.83. The predicted octanol–water partition coefficient (Wildman–Crippen LogP) is 6.70. The quantitative estimate of drug-likeness (QED) is 0.537. The number of nitrogens with one attached hydrogen (secondary N) is 1. The second kappa shape index (κ2) is 59.0. The monoisotopic (exact) mass is 325 g/mol. The third kappa shape index (κ3) is 336. The van der Waals surface area contributed by atoms with Gasteiger partial charge in [0.15, 0.2) is 0 Å². The van der Waals surface area contributed by atoms with Crippen molar-refractivity contribution < 1.29 is 9.53 Å². The molecule has 0 bridgehead atoms. The molecule has 0 aliphatic heterocycles. The van der Waals surface area contributed by atoms with Crippen LogP contribution in [0.25, 0.3) is 0 Å². The van der Waals surface area contributed by atoms with E-state index in [-0.39, 0.29) is 11.5 Å². The van der Waals surface area contributed by atoms with E-state index in [9.17, 15) is 4.79 Å². The summed E-state index contributed by atoms with van der Waals surface area (Å²) in [6, 6.07) is 0. The van der Waals surface area contributed by atoms with E-state index in [2.05, 4.69) is 19.2 Å². The third-order valence-corrected chi connectivity index (χ3v) is 0.964. The Morgan fingerprint density at radius 2 is 0.955 bits per heavy atom. The molecule has 0 aliphatic carbocycles. The fourth-order valence-electron chi connectivity index (χ4n) is 0. The first-order valence-electron chi connectivity index (χ1n) is 8.98. The summed E-state index contributed by atoms with van der Waals surface area (Å²) in [6.07, 6.45) is 1.25. The van der Waals surface area contributed by atoms with Gasteiger partial charge in [0.05, 0.1) is 5.60 Å². The van der Waals surface area contributed by atoms with Crippen LogP contribution in [0.2, 0.25) is 0 Å². The van der Waals surface area contributed by atoms with Gasteiger partial charge in [0.1, 0.15) is 0 Å². The normalized spacial score (nSPS) is 6.73. The molecule has 144 valence electrons. The van der Waals surface area contributed by atoms with Crippen LogP contribution in [-0.4, -0.2) is 25.7 Å². The molecule has 0 radical (unpaired) electrons. The number of ether oxygens (including phenoxy) is 1. The van der Waals surface area contributed by atoms with Crippen molar-refractivity contribution in [1.29, 1.82) is 0 Å².